The van der Waals surface area contributed by atoms with Crippen molar-refractivity contribution in [1.29, 1.82) is 0 Å². The minimum Gasteiger partial charge on any atom is -0.488 e. The molecular formula is C24H34N2O5. The maximum atomic E-state index is 12.3. The van der Waals surface area contributed by atoms with Crippen LogP contribution in [-0.2, 0) is 16.8 Å². The van der Waals surface area contributed by atoms with Gasteiger partial charge in [-0.25, -0.2) is 4.79 Å². The Kier molecular flexibility index (Phi) is 7.75. The second kappa shape index (κ2) is 10.3. The molecule has 31 heavy (non-hydrogen) atoms. The summed E-state index contributed by atoms with van der Waals surface area (Å²) >= 11 is 0. The summed E-state index contributed by atoms with van der Waals surface area (Å²) in [5.74, 6) is 0.0145. The molecule has 7 nitrogen and oxygen atoms in total. The summed E-state index contributed by atoms with van der Waals surface area (Å²) in [6.07, 6.45) is 1.23. The van der Waals surface area contributed by atoms with Crippen LogP contribution in [0, 0.1) is 6.92 Å². The van der Waals surface area contributed by atoms with Crippen LogP contribution in [0.1, 0.15) is 54.0 Å². The molecule has 0 amide bonds. The van der Waals surface area contributed by atoms with Gasteiger partial charge in [0, 0.05) is 30.9 Å². The first-order chi connectivity index (χ1) is 14.9. The summed E-state index contributed by atoms with van der Waals surface area (Å²) in [6, 6.07) is 9.76. The van der Waals surface area contributed by atoms with Gasteiger partial charge in [0.05, 0.1) is 12.2 Å². The topological polar surface area (TPSA) is 95.0 Å². The van der Waals surface area contributed by atoms with Crippen LogP contribution in [0.5, 0.6) is 5.75 Å². The van der Waals surface area contributed by atoms with Gasteiger partial charge in [0.25, 0.3) is 0 Å². The van der Waals surface area contributed by atoms with Gasteiger partial charge in [-0.3, -0.25) is 0 Å². The van der Waals surface area contributed by atoms with Gasteiger partial charge in [0.2, 0.25) is 0 Å². The summed E-state index contributed by atoms with van der Waals surface area (Å²) in [5.41, 5.74) is 2.22. The predicted octanol–water partition coefficient (Wildman–Crippen LogP) is 2.79. The number of aryl methyl sites for hydroxylation is 1. The minimum absolute atomic E-state index is 0.0795. The molecule has 7 heteroatoms. The van der Waals surface area contributed by atoms with E-state index in [0.717, 1.165) is 16.8 Å². The molecule has 3 rings (SSSR count). The highest BCUT2D eigenvalue weighted by Crippen LogP contribution is 2.33. The Balaban J connectivity index is 1.55. The number of benzene rings is 1. The number of carbonyl (C=O) groups is 1. The van der Waals surface area contributed by atoms with Crippen molar-refractivity contribution in [2.24, 2.45) is 0 Å². The maximum Gasteiger partial charge on any atom is 0.358 e. The van der Waals surface area contributed by atoms with Crippen molar-refractivity contribution in [3.8, 4) is 5.75 Å². The molecule has 1 atom stereocenters. The van der Waals surface area contributed by atoms with Gasteiger partial charge in [-0.2, -0.15) is 0 Å². The third kappa shape index (κ3) is 5.47. The van der Waals surface area contributed by atoms with Crippen LogP contribution in [0.25, 0.3) is 0 Å². The maximum absolute atomic E-state index is 12.3. The molecule has 0 saturated carbocycles. The van der Waals surface area contributed by atoms with Crippen LogP contribution >= 0.6 is 0 Å². The molecule has 3 N–H and O–H groups in total. The second-order valence-electron chi connectivity index (χ2n) is 8.17. The molecule has 1 aromatic heterocycles. The Morgan fingerprint density at radius 2 is 1.90 bits per heavy atom. The zero-order valence-electron chi connectivity index (χ0n) is 18.7. The van der Waals surface area contributed by atoms with Gasteiger partial charge in [-0.05, 0) is 38.7 Å². The number of nitrogens with zero attached hydrogens (tertiary/aromatic N) is 1. The van der Waals surface area contributed by atoms with Gasteiger partial charge in [-0.15, -0.1) is 0 Å². The summed E-state index contributed by atoms with van der Waals surface area (Å²) in [7, 11) is 0. The number of hydrogen-bond acceptors (Lipinski definition) is 6. The van der Waals surface area contributed by atoms with Gasteiger partial charge < -0.3 is 29.6 Å². The number of aromatic nitrogens is 1. The lowest BCUT2D eigenvalue weighted by Gasteiger charge is -2.39. The highest BCUT2D eigenvalue weighted by atomic mass is 16.5. The molecule has 0 spiro atoms. The van der Waals surface area contributed by atoms with E-state index in [1.54, 1.807) is 6.92 Å². The van der Waals surface area contributed by atoms with Crippen LogP contribution in [0.2, 0.25) is 0 Å². The second-order valence-corrected chi connectivity index (χ2v) is 8.17. The number of aromatic amines is 1. The van der Waals surface area contributed by atoms with E-state index in [2.05, 4.69) is 9.88 Å². The Hall–Kier alpha value is -2.35. The van der Waals surface area contributed by atoms with E-state index in [-0.39, 0.29) is 13.2 Å². The average molecular weight is 431 g/mol. The molecule has 1 fully saturated rings. The first kappa shape index (κ1) is 23.3. The molecule has 2 heterocycles. The SMILES string of the molecule is CCOC(=O)c1[nH]c(C)c(CC)c1OCC(O)CN1CCC(O)(c2ccccc2)CC1. The molecule has 1 aromatic carbocycles. The summed E-state index contributed by atoms with van der Waals surface area (Å²) in [6.45, 7) is 7.85. The highest BCUT2D eigenvalue weighted by molar-refractivity contribution is 5.91. The van der Waals surface area contributed by atoms with E-state index < -0.39 is 17.7 Å². The molecule has 1 saturated heterocycles. The van der Waals surface area contributed by atoms with E-state index in [9.17, 15) is 15.0 Å². The fourth-order valence-corrected chi connectivity index (χ4v) is 4.25. The summed E-state index contributed by atoms with van der Waals surface area (Å²) in [4.78, 5) is 17.5. The molecule has 0 radical (unpaired) electrons. The zero-order chi connectivity index (χ0) is 22.4. The van der Waals surface area contributed by atoms with E-state index in [0.29, 0.717) is 50.3 Å². The first-order valence-electron chi connectivity index (χ1n) is 11.1. The summed E-state index contributed by atoms with van der Waals surface area (Å²) < 4.78 is 11.0. The van der Waals surface area contributed by atoms with Crippen LogP contribution in [0.4, 0.5) is 0 Å². The Morgan fingerprint density at radius 1 is 1.23 bits per heavy atom. The lowest BCUT2D eigenvalue weighted by atomic mass is 9.84. The van der Waals surface area contributed by atoms with Gasteiger partial charge in [0.1, 0.15) is 12.7 Å². The predicted molar refractivity (Wildman–Crippen MR) is 118 cm³/mol. The number of nitrogens with one attached hydrogen (secondary N) is 1. The number of esters is 1. The quantitative estimate of drug-likeness (QED) is 0.530. The molecule has 1 unspecified atom stereocenters. The third-order valence-electron chi connectivity index (χ3n) is 5.98. The number of aliphatic hydroxyl groups excluding tert-OH is 1. The number of piperidine rings is 1. The number of β-amino-alcohol motifs (C(OH)–C–C–N with tert-alkyl or cyclic N) is 1. The van der Waals surface area contributed by atoms with E-state index >= 15 is 0 Å². The monoisotopic (exact) mass is 430 g/mol. The molecule has 170 valence electrons. The van der Waals surface area contributed by atoms with Crippen LogP contribution in [-0.4, -0.2) is 65.0 Å². The first-order valence-corrected chi connectivity index (χ1v) is 11.1. The number of aliphatic hydroxyl groups is 2. The van der Waals surface area contributed by atoms with Crippen molar-refractivity contribution < 1.29 is 24.5 Å². The van der Waals surface area contributed by atoms with Crippen molar-refractivity contribution in [3.63, 3.8) is 0 Å². The Morgan fingerprint density at radius 3 is 2.52 bits per heavy atom. The fraction of sp³-hybridized carbons (Fsp3) is 0.542. The van der Waals surface area contributed by atoms with Crippen LogP contribution in [0.15, 0.2) is 30.3 Å². The molecule has 0 bridgehead atoms. The molecular weight excluding hydrogens is 396 g/mol. The lowest BCUT2D eigenvalue weighted by Crippen LogP contribution is -2.46. The fourth-order valence-electron chi connectivity index (χ4n) is 4.25. The molecule has 2 aromatic rings. The van der Waals surface area contributed by atoms with E-state index in [1.165, 1.54) is 0 Å². The van der Waals surface area contributed by atoms with Crippen molar-refractivity contribution in [2.75, 3.05) is 32.8 Å². The number of likely N-dealkylation sites (tertiary alicyclic amines) is 1. The normalized spacial score (nSPS) is 17.3. The number of hydrogen-bond donors (Lipinski definition) is 3. The Labute approximate surface area is 184 Å². The van der Waals surface area contributed by atoms with Gasteiger partial charge in [-0.1, -0.05) is 37.3 Å². The standard InChI is InChI=1S/C24H34N2O5/c1-4-20-17(3)25-21(23(28)30-5-2)22(20)31-16-19(27)15-26-13-11-24(29,12-14-26)18-9-7-6-8-10-18/h6-10,19,25,27,29H,4-5,11-16H2,1-3H3. The van der Waals surface area contributed by atoms with E-state index in [1.807, 2.05) is 44.2 Å². The van der Waals surface area contributed by atoms with Crippen LogP contribution in [0.3, 0.4) is 0 Å². The number of rotatable bonds is 9. The molecule has 0 aliphatic carbocycles. The minimum atomic E-state index is -0.813. The molecule has 1 aliphatic rings. The summed E-state index contributed by atoms with van der Waals surface area (Å²) in [5, 5.41) is 21.5. The largest absolute Gasteiger partial charge is 0.488 e. The number of ether oxygens (including phenoxy) is 2. The highest BCUT2D eigenvalue weighted by Gasteiger charge is 2.34. The van der Waals surface area contributed by atoms with Crippen molar-refractivity contribution in [1.82, 2.24) is 9.88 Å². The average Bonchev–Trinajstić information content (AvgIpc) is 3.10. The van der Waals surface area contributed by atoms with Crippen LogP contribution < -0.4 is 4.74 Å². The zero-order valence-corrected chi connectivity index (χ0v) is 18.7. The number of H-pyrrole nitrogens is 1. The van der Waals surface area contributed by atoms with Gasteiger partial charge >= 0.3 is 5.97 Å². The van der Waals surface area contributed by atoms with Crippen molar-refractivity contribution in [2.45, 2.75) is 51.7 Å². The smallest absolute Gasteiger partial charge is 0.358 e. The van der Waals surface area contributed by atoms with Crippen molar-refractivity contribution in [3.05, 3.63) is 52.8 Å². The molecule has 1 aliphatic heterocycles. The van der Waals surface area contributed by atoms with Crippen molar-refractivity contribution >= 4 is 5.97 Å². The Bertz CT molecular complexity index is 856. The lowest BCUT2D eigenvalue weighted by molar-refractivity contribution is -0.0372. The third-order valence-corrected chi connectivity index (χ3v) is 5.98. The van der Waals surface area contributed by atoms with Gasteiger partial charge in [0.15, 0.2) is 11.4 Å². The number of carbonyl (C=O) groups excluding carboxylic acids is 1. The van der Waals surface area contributed by atoms with E-state index in [4.69, 9.17) is 9.47 Å².